The SMILES string of the molecule is N#Cc1cc(F)cc(S(=O)c2cnc3cc(Cl)ccc3c2-c2ccc(Cl)cc2)c1. The largest absolute Gasteiger partial charge is 0.255 e. The van der Waals surface area contributed by atoms with Crippen molar-refractivity contribution >= 4 is 44.9 Å². The molecule has 4 aromatic rings. The highest BCUT2D eigenvalue weighted by Gasteiger charge is 2.19. The number of pyridine rings is 1. The number of nitriles is 1. The van der Waals surface area contributed by atoms with Crippen molar-refractivity contribution in [3.8, 4) is 17.2 Å². The average molecular weight is 441 g/mol. The van der Waals surface area contributed by atoms with Crippen molar-refractivity contribution in [1.29, 1.82) is 5.26 Å². The van der Waals surface area contributed by atoms with Gasteiger partial charge in [-0.2, -0.15) is 5.26 Å². The predicted molar refractivity (Wildman–Crippen MR) is 113 cm³/mol. The highest BCUT2D eigenvalue weighted by Crippen LogP contribution is 2.36. The molecule has 0 saturated heterocycles. The van der Waals surface area contributed by atoms with Gasteiger partial charge in [0, 0.05) is 32.1 Å². The van der Waals surface area contributed by atoms with Crippen molar-refractivity contribution in [3.63, 3.8) is 0 Å². The maximum atomic E-state index is 13.9. The molecule has 1 aromatic heterocycles. The van der Waals surface area contributed by atoms with E-state index in [1.165, 1.54) is 12.3 Å². The number of aromatic nitrogens is 1. The normalized spacial score (nSPS) is 11.9. The van der Waals surface area contributed by atoms with Gasteiger partial charge in [0.2, 0.25) is 0 Å². The van der Waals surface area contributed by atoms with Crippen molar-refractivity contribution in [3.05, 3.63) is 88.3 Å². The minimum atomic E-state index is -1.77. The molecule has 7 heteroatoms. The van der Waals surface area contributed by atoms with Crippen LogP contribution >= 0.6 is 23.2 Å². The van der Waals surface area contributed by atoms with Gasteiger partial charge in [0.05, 0.1) is 32.8 Å². The summed E-state index contributed by atoms with van der Waals surface area (Å²) in [5, 5.41) is 11.0. The molecule has 0 aliphatic heterocycles. The smallest absolute Gasteiger partial charge is 0.125 e. The van der Waals surface area contributed by atoms with E-state index in [0.717, 1.165) is 23.1 Å². The molecule has 3 aromatic carbocycles. The van der Waals surface area contributed by atoms with Crippen molar-refractivity contribution in [2.24, 2.45) is 0 Å². The summed E-state index contributed by atoms with van der Waals surface area (Å²) in [6.45, 7) is 0. The van der Waals surface area contributed by atoms with E-state index in [1.54, 1.807) is 24.3 Å². The first-order chi connectivity index (χ1) is 14.0. The van der Waals surface area contributed by atoms with Gasteiger partial charge in [0.15, 0.2) is 0 Å². The highest BCUT2D eigenvalue weighted by atomic mass is 35.5. The lowest BCUT2D eigenvalue weighted by Gasteiger charge is -2.13. The molecular formula is C22H11Cl2FN2OS. The number of halogens is 3. The lowest BCUT2D eigenvalue weighted by atomic mass is 10.0. The minimum absolute atomic E-state index is 0.0990. The number of rotatable bonds is 3. The molecule has 1 heterocycles. The van der Waals surface area contributed by atoms with Crippen LogP contribution < -0.4 is 0 Å². The summed E-state index contributed by atoms with van der Waals surface area (Å²) in [6.07, 6.45) is 1.50. The van der Waals surface area contributed by atoms with Crippen molar-refractivity contribution in [2.45, 2.75) is 9.79 Å². The Morgan fingerprint density at radius 3 is 2.41 bits per heavy atom. The third-order valence-electron chi connectivity index (χ3n) is 4.34. The Labute approximate surface area is 178 Å². The van der Waals surface area contributed by atoms with Crippen LogP contribution in [0.4, 0.5) is 4.39 Å². The molecule has 0 aliphatic carbocycles. The summed E-state index contributed by atoms with van der Waals surface area (Å²) in [5.74, 6) is -0.624. The Morgan fingerprint density at radius 1 is 0.966 bits per heavy atom. The molecule has 142 valence electrons. The summed E-state index contributed by atoms with van der Waals surface area (Å²) in [5.41, 5.74) is 2.20. The van der Waals surface area contributed by atoms with Crippen molar-refractivity contribution in [1.82, 2.24) is 4.98 Å². The molecule has 1 unspecified atom stereocenters. The second-order valence-electron chi connectivity index (χ2n) is 6.22. The Balaban J connectivity index is 1.99. The molecule has 4 rings (SSSR count). The second-order valence-corrected chi connectivity index (χ2v) is 8.54. The predicted octanol–water partition coefficient (Wildman–Crippen LogP) is 6.39. The van der Waals surface area contributed by atoms with Crippen LogP contribution in [0.25, 0.3) is 22.0 Å². The standard InChI is InChI=1S/C22H11Cl2FN2OS/c23-15-3-1-14(2-4-15)22-19-6-5-16(24)9-20(19)27-12-21(22)29(28)18-8-13(11-26)7-17(25)10-18/h1-10,12H. The van der Waals surface area contributed by atoms with Crippen LogP contribution in [-0.2, 0) is 10.8 Å². The lowest BCUT2D eigenvalue weighted by molar-refractivity contribution is 0.622. The molecule has 0 bridgehead atoms. The molecule has 0 saturated carbocycles. The zero-order valence-corrected chi connectivity index (χ0v) is 17.0. The number of nitrogens with zero attached hydrogens (tertiary/aromatic N) is 2. The van der Waals surface area contributed by atoms with E-state index in [-0.39, 0.29) is 10.5 Å². The van der Waals surface area contributed by atoms with E-state index in [2.05, 4.69) is 4.98 Å². The van der Waals surface area contributed by atoms with E-state index in [9.17, 15) is 8.60 Å². The van der Waals surface area contributed by atoms with Crippen LogP contribution in [-0.4, -0.2) is 9.19 Å². The maximum absolute atomic E-state index is 13.9. The van der Waals surface area contributed by atoms with E-state index in [0.29, 0.717) is 26.0 Å². The summed E-state index contributed by atoms with van der Waals surface area (Å²) in [4.78, 5) is 4.98. The zero-order valence-electron chi connectivity index (χ0n) is 14.7. The summed E-state index contributed by atoms with van der Waals surface area (Å²) in [7, 11) is -1.77. The number of hydrogen-bond acceptors (Lipinski definition) is 3. The quantitative estimate of drug-likeness (QED) is 0.370. The fourth-order valence-corrected chi connectivity index (χ4v) is 4.63. The molecule has 0 fully saturated rings. The molecule has 0 radical (unpaired) electrons. The fourth-order valence-electron chi connectivity index (χ4n) is 3.06. The van der Waals surface area contributed by atoms with Crippen LogP contribution in [0.5, 0.6) is 0 Å². The minimum Gasteiger partial charge on any atom is -0.255 e. The Morgan fingerprint density at radius 2 is 1.69 bits per heavy atom. The number of hydrogen-bond donors (Lipinski definition) is 0. The van der Waals surface area contributed by atoms with Gasteiger partial charge in [-0.1, -0.05) is 41.4 Å². The zero-order chi connectivity index (χ0) is 20.5. The van der Waals surface area contributed by atoms with E-state index in [4.69, 9.17) is 28.5 Å². The van der Waals surface area contributed by atoms with Crippen LogP contribution in [0.15, 0.2) is 76.7 Å². The first-order valence-electron chi connectivity index (χ1n) is 8.43. The van der Waals surface area contributed by atoms with Gasteiger partial charge < -0.3 is 0 Å². The van der Waals surface area contributed by atoms with Gasteiger partial charge in [-0.05, 0) is 48.0 Å². The van der Waals surface area contributed by atoms with Crippen LogP contribution in [0.1, 0.15) is 5.56 Å². The van der Waals surface area contributed by atoms with Gasteiger partial charge in [-0.3, -0.25) is 4.98 Å². The monoisotopic (exact) mass is 440 g/mol. The van der Waals surface area contributed by atoms with Crippen molar-refractivity contribution < 1.29 is 8.60 Å². The van der Waals surface area contributed by atoms with Gasteiger partial charge in [0.25, 0.3) is 0 Å². The number of benzene rings is 3. The average Bonchev–Trinajstić information content (AvgIpc) is 2.72. The third kappa shape index (κ3) is 3.88. The van der Waals surface area contributed by atoms with Gasteiger partial charge in [-0.15, -0.1) is 0 Å². The Kier molecular flexibility index (Phi) is 5.33. The topological polar surface area (TPSA) is 53.8 Å². The molecule has 0 spiro atoms. The van der Waals surface area contributed by atoms with Crippen LogP contribution in [0.3, 0.4) is 0 Å². The van der Waals surface area contributed by atoms with Crippen LogP contribution in [0, 0.1) is 17.1 Å². The Hall–Kier alpha value is -2.78. The number of fused-ring (bicyclic) bond motifs is 1. The van der Waals surface area contributed by atoms with E-state index in [1.807, 2.05) is 24.3 Å². The lowest BCUT2D eigenvalue weighted by Crippen LogP contribution is -2.00. The molecule has 0 amide bonds. The van der Waals surface area contributed by atoms with Crippen LogP contribution in [0.2, 0.25) is 10.0 Å². The molecule has 29 heavy (non-hydrogen) atoms. The van der Waals surface area contributed by atoms with Gasteiger partial charge >= 0.3 is 0 Å². The molecule has 0 aliphatic rings. The fraction of sp³-hybridized carbons (Fsp3) is 0. The molecule has 0 N–H and O–H groups in total. The highest BCUT2D eigenvalue weighted by molar-refractivity contribution is 7.85. The summed E-state index contributed by atoms with van der Waals surface area (Å²) >= 11 is 12.1. The molecule has 3 nitrogen and oxygen atoms in total. The summed E-state index contributed by atoms with van der Waals surface area (Å²) < 4.78 is 27.3. The maximum Gasteiger partial charge on any atom is 0.125 e. The van der Waals surface area contributed by atoms with Gasteiger partial charge in [0.1, 0.15) is 5.82 Å². The van der Waals surface area contributed by atoms with E-state index >= 15 is 0 Å². The molecule has 1 atom stereocenters. The Bertz CT molecular complexity index is 1320. The van der Waals surface area contributed by atoms with Gasteiger partial charge in [-0.25, -0.2) is 8.60 Å². The van der Waals surface area contributed by atoms with Crippen molar-refractivity contribution in [2.75, 3.05) is 0 Å². The first-order valence-corrected chi connectivity index (χ1v) is 10.3. The second kappa shape index (κ2) is 7.92. The summed E-state index contributed by atoms with van der Waals surface area (Å²) in [6, 6.07) is 17.9. The third-order valence-corrected chi connectivity index (χ3v) is 6.20. The van der Waals surface area contributed by atoms with E-state index < -0.39 is 16.6 Å². The molecular weight excluding hydrogens is 430 g/mol. The first kappa shape index (κ1) is 19.5.